The highest BCUT2D eigenvalue weighted by atomic mass is 19.1. The molecule has 58 valence electrons. The first-order valence-electron chi connectivity index (χ1n) is 3.35. The number of likely N-dealkylation sites (N-methyl/N-ethyl adjacent to an activating group) is 1. The van der Waals surface area contributed by atoms with Gasteiger partial charge in [-0.15, -0.1) is 0 Å². The molecule has 0 amide bonds. The molecule has 0 radical (unpaired) electrons. The van der Waals surface area contributed by atoms with Gasteiger partial charge in [-0.25, -0.2) is 0 Å². The van der Waals surface area contributed by atoms with Gasteiger partial charge in [0.1, 0.15) is 0 Å². The molecule has 0 aromatic heterocycles. The third kappa shape index (κ3) is 2.64. The van der Waals surface area contributed by atoms with Gasteiger partial charge < -0.3 is 14.2 Å². The maximum Gasteiger partial charge on any atom is 0.680 e. The average Bonchev–Trinajstić information content (AvgIpc) is 1.84. The minimum absolute atomic E-state index is 0.400. The van der Waals surface area contributed by atoms with Crippen LogP contribution in [0.1, 0.15) is 0 Å². The lowest BCUT2D eigenvalue weighted by Crippen LogP contribution is -2.34. The van der Waals surface area contributed by atoms with Gasteiger partial charge in [0.2, 0.25) is 0 Å². The Balaban J connectivity index is 2.21. The molecule has 3 nitrogen and oxygen atoms in total. The molecule has 0 atom stereocenters. The van der Waals surface area contributed by atoms with Crippen molar-refractivity contribution in [3.8, 4) is 0 Å². The lowest BCUT2D eigenvalue weighted by Gasteiger charge is -2.20. The summed E-state index contributed by atoms with van der Waals surface area (Å²) in [6, 6.07) is 0. The van der Waals surface area contributed by atoms with E-state index in [-0.39, 0.29) is 0 Å². The van der Waals surface area contributed by atoms with Gasteiger partial charge in [-0.1, -0.05) is 0 Å². The smallest absolute Gasteiger partial charge is 0.381 e. The zero-order chi connectivity index (χ0) is 7.40. The quantitative estimate of drug-likeness (QED) is 0.447. The van der Waals surface area contributed by atoms with Crippen LogP contribution in [-0.2, 0) is 9.31 Å². The molecule has 5 heteroatoms. The summed E-state index contributed by atoms with van der Waals surface area (Å²) in [6.07, 6.45) is 0. The van der Waals surface area contributed by atoms with Crippen LogP contribution in [-0.4, -0.2) is 45.6 Å². The summed E-state index contributed by atoms with van der Waals surface area (Å²) < 4.78 is 21.5. The summed E-state index contributed by atoms with van der Waals surface area (Å²) in [5, 5.41) is 0. The first kappa shape index (κ1) is 7.98. The van der Waals surface area contributed by atoms with E-state index >= 15 is 0 Å². The van der Waals surface area contributed by atoms with Gasteiger partial charge in [-0.3, -0.25) is 4.32 Å². The molecule has 0 unspecified atom stereocenters. The van der Waals surface area contributed by atoms with Crippen molar-refractivity contribution in [3.05, 3.63) is 0 Å². The van der Waals surface area contributed by atoms with Crippen molar-refractivity contribution in [3.63, 3.8) is 0 Å². The van der Waals surface area contributed by atoms with Crippen LogP contribution in [0.25, 0.3) is 0 Å². The zero-order valence-corrected chi connectivity index (χ0v) is 6.05. The maximum absolute atomic E-state index is 12.3. The van der Waals surface area contributed by atoms with Crippen LogP contribution in [0.5, 0.6) is 0 Å². The number of hydrogen-bond acceptors (Lipinski definition) is 3. The van der Waals surface area contributed by atoms with Crippen LogP contribution in [0.15, 0.2) is 0 Å². The van der Waals surface area contributed by atoms with E-state index in [4.69, 9.17) is 0 Å². The standard InChI is InChI=1S/C5H11BFNO2/c1-8-2-4-9-6(7)10-5-3-8/h2-5H2,1H3. The van der Waals surface area contributed by atoms with Gasteiger partial charge in [0.05, 0.1) is 0 Å². The summed E-state index contributed by atoms with van der Waals surface area (Å²) >= 11 is 0. The van der Waals surface area contributed by atoms with Gasteiger partial charge in [-0.05, 0) is 7.05 Å². The molecule has 1 aliphatic heterocycles. The van der Waals surface area contributed by atoms with Crippen molar-refractivity contribution in [2.45, 2.75) is 0 Å². The Hall–Kier alpha value is -0.125. The molecule has 0 aromatic carbocycles. The summed E-state index contributed by atoms with van der Waals surface area (Å²) in [5.41, 5.74) is 0. The highest BCUT2D eigenvalue weighted by Gasteiger charge is 2.20. The topological polar surface area (TPSA) is 21.7 Å². The second-order valence-corrected chi connectivity index (χ2v) is 2.32. The van der Waals surface area contributed by atoms with Crippen LogP contribution in [0.4, 0.5) is 4.32 Å². The molecule has 0 aromatic rings. The van der Waals surface area contributed by atoms with Gasteiger partial charge in [-0.2, -0.15) is 0 Å². The van der Waals surface area contributed by atoms with Crippen molar-refractivity contribution in [2.75, 3.05) is 33.4 Å². The highest BCUT2D eigenvalue weighted by Crippen LogP contribution is 1.96. The molecular formula is C5H11BFNO2. The Bertz CT molecular complexity index is 85.6. The van der Waals surface area contributed by atoms with E-state index in [0.717, 1.165) is 13.1 Å². The minimum Gasteiger partial charge on any atom is -0.381 e. The molecule has 1 aliphatic rings. The molecule has 0 spiro atoms. The normalized spacial score (nSPS) is 24.0. The third-order valence-corrected chi connectivity index (χ3v) is 1.44. The lowest BCUT2D eigenvalue weighted by molar-refractivity contribution is 0.103. The van der Waals surface area contributed by atoms with Crippen molar-refractivity contribution in [1.29, 1.82) is 0 Å². The fourth-order valence-corrected chi connectivity index (χ4v) is 0.762. The lowest BCUT2D eigenvalue weighted by atomic mass is 10.3. The Morgan fingerprint density at radius 1 is 1.30 bits per heavy atom. The molecule has 0 saturated carbocycles. The van der Waals surface area contributed by atoms with Gasteiger partial charge in [0.25, 0.3) is 0 Å². The zero-order valence-electron chi connectivity index (χ0n) is 6.05. The predicted octanol–water partition coefficient (Wildman–Crippen LogP) is -0.0806. The Morgan fingerprint density at radius 2 is 1.80 bits per heavy atom. The van der Waals surface area contributed by atoms with Gasteiger partial charge in [0, 0.05) is 26.3 Å². The molecule has 10 heavy (non-hydrogen) atoms. The predicted molar refractivity (Wildman–Crippen MR) is 36.3 cm³/mol. The monoisotopic (exact) mass is 147 g/mol. The Kier molecular flexibility index (Phi) is 3.11. The highest BCUT2D eigenvalue weighted by molar-refractivity contribution is 6.35. The fraction of sp³-hybridized carbons (Fsp3) is 1.00. The van der Waals surface area contributed by atoms with Gasteiger partial charge in [0.15, 0.2) is 0 Å². The van der Waals surface area contributed by atoms with Crippen molar-refractivity contribution >= 4 is 7.40 Å². The Morgan fingerprint density at radius 3 is 2.30 bits per heavy atom. The SMILES string of the molecule is CN1CCOB(F)OCC1. The molecule has 1 rings (SSSR count). The van der Waals surface area contributed by atoms with Gasteiger partial charge >= 0.3 is 7.40 Å². The summed E-state index contributed by atoms with van der Waals surface area (Å²) in [7, 11) is 0.430. The molecular weight excluding hydrogens is 136 g/mol. The number of hydrogen-bond donors (Lipinski definition) is 0. The van der Waals surface area contributed by atoms with Crippen LogP contribution in [0.3, 0.4) is 0 Å². The third-order valence-electron chi connectivity index (χ3n) is 1.44. The van der Waals surface area contributed by atoms with E-state index in [1.807, 2.05) is 11.9 Å². The summed E-state index contributed by atoms with van der Waals surface area (Å²) in [6.45, 7) is 2.34. The largest absolute Gasteiger partial charge is 0.680 e. The molecule has 1 saturated heterocycles. The van der Waals surface area contributed by atoms with Crippen LogP contribution in [0, 0.1) is 0 Å². The second-order valence-electron chi connectivity index (χ2n) is 2.32. The van der Waals surface area contributed by atoms with Crippen LogP contribution < -0.4 is 0 Å². The summed E-state index contributed by atoms with van der Waals surface area (Å²) in [5.74, 6) is 0. The van der Waals surface area contributed by atoms with E-state index in [0.29, 0.717) is 13.2 Å². The first-order valence-corrected chi connectivity index (χ1v) is 3.35. The molecule has 1 heterocycles. The maximum atomic E-state index is 12.3. The average molecular weight is 147 g/mol. The number of rotatable bonds is 0. The molecule has 0 N–H and O–H groups in total. The van der Waals surface area contributed by atoms with E-state index in [9.17, 15) is 4.32 Å². The van der Waals surface area contributed by atoms with Crippen LogP contribution >= 0.6 is 0 Å². The van der Waals surface area contributed by atoms with Crippen molar-refractivity contribution < 1.29 is 13.6 Å². The molecule has 1 fully saturated rings. The number of nitrogens with zero attached hydrogens (tertiary/aromatic N) is 1. The summed E-state index contributed by atoms with van der Waals surface area (Å²) in [4.78, 5) is 2.03. The van der Waals surface area contributed by atoms with Crippen molar-refractivity contribution in [1.82, 2.24) is 4.90 Å². The Labute approximate surface area is 60.3 Å². The van der Waals surface area contributed by atoms with Crippen LogP contribution in [0.2, 0.25) is 0 Å². The fourth-order valence-electron chi connectivity index (χ4n) is 0.762. The van der Waals surface area contributed by atoms with E-state index in [2.05, 4.69) is 9.31 Å². The van der Waals surface area contributed by atoms with E-state index < -0.39 is 7.40 Å². The number of halogens is 1. The van der Waals surface area contributed by atoms with E-state index in [1.54, 1.807) is 0 Å². The minimum atomic E-state index is -1.52. The van der Waals surface area contributed by atoms with Crippen molar-refractivity contribution in [2.24, 2.45) is 0 Å². The molecule has 0 bridgehead atoms. The molecule has 0 aliphatic carbocycles. The van der Waals surface area contributed by atoms with E-state index in [1.165, 1.54) is 0 Å². The first-order chi connectivity index (χ1) is 4.79. The second kappa shape index (κ2) is 3.90.